The Morgan fingerprint density at radius 1 is 0.820 bits per heavy atom. The molecule has 14 nitrogen and oxygen atoms in total. The fourth-order valence-electron chi connectivity index (χ4n) is 5.57. The molecule has 15 heteroatoms. The maximum Gasteiger partial charge on any atom is 0.338 e. The molecule has 260 valence electrons. The number of sulfonamides is 1. The highest BCUT2D eigenvalue weighted by atomic mass is 32.2. The van der Waals surface area contributed by atoms with E-state index < -0.39 is 85.3 Å². The molecule has 1 fully saturated rings. The highest BCUT2D eigenvalue weighted by Crippen LogP contribution is 2.35. The zero-order chi connectivity index (χ0) is 36.3. The number of nitrogens with one attached hydrogen (secondary N) is 1. The molecule has 0 unspecified atom stereocenters. The van der Waals surface area contributed by atoms with Gasteiger partial charge < -0.3 is 35.6 Å². The summed E-state index contributed by atoms with van der Waals surface area (Å²) in [5.74, 6) is -7.18. The Hall–Kier alpha value is -5.93. The lowest BCUT2D eigenvalue weighted by molar-refractivity contribution is 0.0184. The van der Waals surface area contributed by atoms with Crippen molar-refractivity contribution in [3.63, 3.8) is 0 Å². The molecule has 4 aromatic carbocycles. The minimum absolute atomic E-state index is 0.0267. The van der Waals surface area contributed by atoms with Crippen molar-refractivity contribution in [1.29, 1.82) is 0 Å². The molecule has 0 aromatic heterocycles. The molecule has 1 amide bonds. The topological polar surface area (TPSA) is 228 Å². The number of carboxylic acids is 1. The van der Waals surface area contributed by atoms with E-state index in [9.17, 15) is 53.1 Å². The van der Waals surface area contributed by atoms with E-state index in [-0.39, 0.29) is 42.1 Å². The molecule has 50 heavy (non-hydrogen) atoms. The van der Waals surface area contributed by atoms with Gasteiger partial charge in [-0.05, 0) is 80.4 Å². The maximum absolute atomic E-state index is 13.6. The van der Waals surface area contributed by atoms with Gasteiger partial charge in [0.25, 0.3) is 5.91 Å². The molecule has 5 rings (SSSR count). The second-order valence-corrected chi connectivity index (χ2v) is 13.6. The summed E-state index contributed by atoms with van der Waals surface area (Å²) in [5, 5.41) is 53.5. The first-order chi connectivity index (χ1) is 23.7. The number of carbonyl (C=O) groups excluding carboxylic acids is 3. The number of carboxylic acid groups (broad SMARTS) is 1. The molecule has 2 atom stereocenters. The summed E-state index contributed by atoms with van der Waals surface area (Å²) in [6.07, 6.45) is -0.816. The van der Waals surface area contributed by atoms with Crippen LogP contribution >= 0.6 is 0 Å². The number of hydrogen-bond donors (Lipinski definition) is 6. The lowest BCUT2D eigenvalue weighted by Crippen LogP contribution is -2.51. The summed E-state index contributed by atoms with van der Waals surface area (Å²) in [4.78, 5) is 51.6. The third-order valence-electron chi connectivity index (χ3n) is 8.17. The van der Waals surface area contributed by atoms with Gasteiger partial charge in [0.2, 0.25) is 15.8 Å². The van der Waals surface area contributed by atoms with Gasteiger partial charge in [-0.25, -0.2) is 18.0 Å². The van der Waals surface area contributed by atoms with E-state index in [0.29, 0.717) is 0 Å². The van der Waals surface area contributed by atoms with Gasteiger partial charge in [0.05, 0.1) is 27.6 Å². The third-order valence-corrected chi connectivity index (χ3v) is 10.0. The van der Waals surface area contributed by atoms with Crippen molar-refractivity contribution in [2.24, 2.45) is 0 Å². The van der Waals surface area contributed by atoms with Crippen molar-refractivity contribution in [3.8, 4) is 23.0 Å². The molecule has 0 aliphatic carbocycles. The van der Waals surface area contributed by atoms with Crippen molar-refractivity contribution < 1.29 is 57.9 Å². The van der Waals surface area contributed by atoms with Crippen LogP contribution in [0, 0.1) is 6.92 Å². The summed E-state index contributed by atoms with van der Waals surface area (Å²) < 4.78 is 34.2. The number of phenolic OH excluding ortho intramolecular Hbond substituents is 4. The zero-order valence-electron chi connectivity index (χ0n) is 26.4. The second kappa shape index (κ2) is 14.3. The maximum atomic E-state index is 13.6. The van der Waals surface area contributed by atoms with Gasteiger partial charge >= 0.3 is 11.9 Å². The first-order valence-corrected chi connectivity index (χ1v) is 16.6. The normalized spacial score (nSPS) is 16.6. The number of aromatic hydroxyl groups is 4. The molecule has 4 aromatic rings. The second-order valence-electron chi connectivity index (χ2n) is 11.6. The molecule has 1 aliphatic rings. The van der Waals surface area contributed by atoms with Crippen molar-refractivity contribution in [2.75, 3.05) is 13.1 Å². The minimum atomic E-state index is -4.05. The summed E-state index contributed by atoms with van der Waals surface area (Å²) in [6.45, 7) is 1.54. The number of phenols is 4. The Morgan fingerprint density at radius 3 is 2.08 bits per heavy atom. The van der Waals surface area contributed by atoms with Gasteiger partial charge in [-0.1, -0.05) is 23.8 Å². The van der Waals surface area contributed by atoms with E-state index in [1.54, 1.807) is 12.1 Å². The van der Waals surface area contributed by atoms with Crippen LogP contribution in [0.5, 0.6) is 23.0 Å². The fraction of sp³-hybridized carbons (Fsp3) is 0.200. The van der Waals surface area contributed by atoms with Crippen LogP contribution in [-0.2, 0) is 14.8 Å². The molecule has 0 bridgehead atoms. The molecule has 0 saturated carbocycles. The van der Waals surface area contributed by atoms with Gasteiger partial charge in [0, 0.05) is 18.7 Å². The van der Waals surface area contributed by atoms with Gasteiger partial charge in [0.15, 0.2) is 0 Å². The van der Waals surface area contributed by atoms with Crippen LogP contribution in [0.1, 0.15) is 65.4 Å². The number of ketones is 1. The first kappa shape index (κ1) is 35.4. The average molecular weight is 705 g/mol. The third kappa shape index (κ3) is 7.38. The number of nitrogens with zero attached hydrogens (tertiary/aromatic N) is 1. The number of benzene rings is 4. The highest BCUT2D eigenvalue weighted by Gasteiger charge is 2.37. The van der Waals surface area contributed by atoms with E-state index in [4.69, 9.17) is 4.74 Å². The Bertz CT molecular complexity index is 2060. The van der Waals surface area contributed by atoms with Gasteiger partial charge in [-0.15, -0.1) is 0 Å². The number of esters is 1. The summed E-state index contributed by atoms with van der Waals surface area (Å²) >= 11 is 0. The Kier molecular flexibility index (Phi) is 10.1. The molecular weight excluding hydrogens is 672 g/mol. The standard InChI is InChI=1S/C35H32N2O12S/c1-19-7-13-23(14-8-19)50(47,48)37-15-3-6-29(25(18-37)36-33(43)20-9-11-22(38)12-10-20)49-35(46)21-16-27(40)31(28(41)17-21)32(42)30-24(34(44)45)4-2-5-26(30)39/h2,4-5,7-14,16-17,25,29,38-41H,3,6,15,18H2,1H3,(H,36,43)(H,44,45)/t25-,29+/m1/s1. The van der Waals surface area contributed by atoms with Crippen molar-refractivity contribution in [2.45, 2.75) is 36.8 Å². The number of aryl methyl sites for hydroxylation is 1. The van der Waals surface area contributed by atoms with Crippen LogP contribution in [0.15, 0.2) is 83.8 Å². The molecule has 6 N–H and O–H groups in total. The minimum Gasteiger partial charge on any atom is -0.508 e. The van der Waals surface area contributed by atoms with E-state index in [1.807, 2.05) is 6.92 Å². The van der Waals surface area contributed by atoms with Gasteiger partial charge in [0.1, 0.15) is 34.7 Å². The van der Waals surface area contributed by atoms with Gasteiger partial charge in [-0.2, -0.15) is 4.31 Å². The lowest BCUT2D eigenvalue weighted by atomic mass is 9.95. The number of ether oxygens (including phenoxy) is 1. The number of amides is 1. The molecule has 0 spiro atoms. The summed E-state index contributed by atoms with van der Waals surface area (Å²) in [5.41, 5.74) is -1.51. The van der Waals surface area contributed by atoms with Crippen LogP contribution < -0.4 is 5.32 Å². The Morgan fingerprint density at radius 2 is 1.46 bits per heavy atom. The number of hydrogen-bond acceptors (Lipinski definition) is 11. The van der Waals surface area contributed by atoms with Crippen LogP contribution in [0.2, 0.25) is 0 Å². The van der Waals surface area contributed by atoms with Crippen molar-refractivity contribution in [3.05, 3.63) is 112 Å². The highest BCUT2D eigenvalue weighted by molar-refractivity contribution is 7.89. The zero-order valence-corrected chi connectivity index (χ0v) is 27.3. The van der Waals surface area contributed by atoms with E-state index in [2.05, 4.69) is 5.32 Å². The Balaban J connectivity index is 1.44. The largest absolute Gasteiger partial charge is 0.508 e. The number of aromatic carboxylic acids is 1. The molecule has 1 aliphatic heterocycles. The lowest BCUT2D eigenvalue weighted by Gasteiger charge is -2.29. The van der Waals surface area contributed by atoms with E-state index >= 15 is 0 Å². The van der Waals surface area contributed by atoms with E-state index in [1.165, 1.54) is 46.8 Å². The fourth-order valence-corrected chi connectivity index (χ4v) is 7.07. The molecule has 1 heterocycles. The first-order valence-electron chi connectivity index (χ1n) is 15.2. The van der Waals surface area contributed by atoms with Crippen molar-refractivity contribution >= 4 is 33.7 Å². The number of rotatable bonds is 9. The summed E-state index contributed by atoms with van der Waals surface area (Å²) in [7, 11) is -4.05. The van der Waals surface area contributed by atoms with E-state index in [0.717, 1.165) is 29.8 Å². The van der Waals surface area contributed by atoms with Crippen LogP contribution in [0.4, 0.5) is 0 Å². The molecule has 1 saturated heterocycles. The van der Waals surface area contributed by atoms with Crippen LogP contribution in [0.25, 0.3) is 0 Å². The monoisotopic (exact) mass is 704 g/mol. The molecular formula is C35H32N2O12S. The van der Waals surface area contributed by atoms with Crippen LogP contribution in [-0.4, -0.2) is 87.1 Å². The smallest absolute Gasteiger partial charge is 0.338 e. The van der Waals surface area contributed by atoms with Crippen LogP contribution in [0.3, 0.4) is 0 Å². The quantitative estimate of drug-likeness (QED) is 0.109. The van der Waals surface area contributed by atoms with Gasteiger partial charge in [-0.3, -0.25) is 9.59 Å². The Labute approximate surface area is 285 Å². The van der Waals surface area contributed by atoms with Crippen molar-refractivity contribution in [1.82, 2.24) is 9.62 Å². The predicted molar refractivity (Wildman–Crippen MR) is 176 cm³/mol. The SMILES string of the molecule is Cc1ccc(S(=O)(=O)N2CCC[C@H](OC(=O)c3cc(O)c(C(=O)c4c(O)cccc4C(=O)O)c(O)c3)[C@H](NC(=O)c3ccc(O)cc3)C2)cc1. The number of carbonyl (C=O) groups is 4. The predicted octanol–water partition coefficient (Wildman–Crippen LogP) is 3.56. The summed E-state index contributed by atoms with van der Waals surface area (Å²) in [6, 6.07) is 15.3. The molecule has 0 radical (unpaired) electrons. The average Bonchev–Trinajstić information content (AvgIpc) is 3.26.